The molecule has 94 valence electrons. The van der Waals surface area contributed by atoms with Gasteiger partial charge >= 0.3 is 0 Å². The lowest BCUT2D eigenvalue weighted by Gasteiger charge is -2.19. The lowest BCUT2D eigenvalue weighted by Crippen LogP contribution is -2.31. The molecule has 0 saturated heterocycles. The Labute approximate surface area is 100 Å². The van der Waals surface area contributed by atoms with Gasteiger partial charge in [0.1, 0.15) is 0 Å². The summed E-state index contributed by atoms with van der Waals surface area (Å²) in [5, 5.41) is 3.41. The Balaban J connectivity index is 1.98. The van der Waals surface area contributed by atoms with Crippen molar-refractivity contribution in [2.75, 3.05) is 32.1 Å². The van der Waals surface area contributed by atoms with Gasteiger partial charge in [0.2, 0.25) is 5.75 Å². The molecule has 6 nitrogen and oxygen atoms in total. The Morgan fingerprint density at radius 2 is 2.41 bits per heavy atom. The third-order valence-electron chi connectivity index (χ3n) is 2.82. The second-order valence-electron chi connectivity index (χ2n) is 4.24. The van der Waals surface area contributed by atoms with E-state index in [2.05, 4.69) is 15.3 Å². The summed E-state index contributed by atoms with van der Waals surface area (Å²) in [4.78, 5) is 20.1. The molecule has 1 aliphatic rings. The zero-order valence-corrected chi connectivity index (χ0v) is 10.2. The van der Waals surface area contributed by atoms with Crippen LogP contribution >= 0.6 is 0 Å². The molecule has 0 amide bonds. The van der Waals surface area contributed by atoms with Crippen LogP contribution < -0.4 is 20.5 Å². The normalized spacial score (nSPS) is 14.7. The number of methoxy groups -OCH3 is 1. The molecule has 1 aromatic heterocycles. The summed E-state index contributed by atoms with van der Waals surface area (Å²) < 4.78 is 5.07. The standard InChI is InChI=1S/C11H18N4O2/c1-15(6-5-12-8-3-4-8)10-9(17-2)11(16)14-7-13-10/h7-8,12H,3-6H2,1-2H3,(H,13,14,16). The first-order chi connectivity index (χ1) is 8.22. The molecular weight excluding hydrogens is 220 g/mol. The molecule has 0 radical (unpaired) electrons. The van der Waals surface area contributed by atoms with Crippen molar-refractivity contribution in [2.24, 2.45) is 0 Å². The number of hydrogen-bond acceptors (Lipinski definition) is 5. The number of ether oxygens (including phenoxy) is 1. The molecule has 0 bridgehead atoms. The molecule has 2 N–H and O–H groups in total. The summed E-state index contributed by atoms with van der Waals surface area (Å²) in [6.07, 6.45) is 3.94. The minimum Gasteiger partial charge on any atom is -0.489 e. The maximum Gasteiger partial charge on any atom is 0.295 e. The topological polar surface area (TPSA) is 70.2 Å². The van der Waals surface area contributed by atoms with E-state index in [-0.39, 0.29) is 11.3 Å². The molecule has 6 heteroatoms. The highest BCUT2D eigenvalue weighted by Crippen LogP contribution is 2.20. The van der Waals surface area contributed by atoms with Crippen LogP contribution in [0.4, 0.5) is 5.82 Å². The Hall–Kier alpha value is -1.56. The van der Waals surface area contributed by atoms with Crippen LogP contribution in [0.25, 0.3) is 0 Å². The summed E-state index contributed by atoms with van der Waals surface area (Å²) in [6.45, 7) is 1.68. The van der Waals surface area contributed by atoms with Crippen LogP contribution in [0.2, 0.25) is 0 Å². The van der Waals surface area contributed by atoms with Crippen LogP contribution in [0.1, 0.15) is 12.8 Å². The van der Waals surface area contributed by atoms with Crippen molar-refractivity contribution >= 4 is 5.82 Å². The van der Waals surface area contributed by atoms with Crippen LogP contribution in [0, 0.1) is 0 Å². The van der Waals surface area contributed by atoms with Crippen LogP contribution in [0.3, 0.4) is 0 Å². The van der Waals surface area contributed by atoms with Crippen molar-refractivity contribution in [2.45, 2.75) is 18.9 Å². The van der Waals surface area contributed by atoms with Crippen molar-refractivity contribution in [3.8, 4) is 5.75 Å². The predicted molar refractivity (Wildman–Crippen MR) is 65.7 cm³/mol. The van der Waals surface area contributed by atoms with Gasteiger partial charge in [-0.1, -0.05) is 0 Å². The van der Waals surface area contributed by atoms with Gasteiger partial charge in [-0.3, -0.25) is 4.79 Å². The molecular formula is C11H18N4O2. The van der Waals surface area contributed by atoms with E-state index >= 15 is 0 Å². The number of nitrogens with one attached hydrogen (secondary N) is 2. The van der Waals surface area contributed by atoms with Crippen LogP contribution in [-0.4, -0.2) is 43.3 Å². The molecule has 2 rings (SSSR count). The van der Waals surface area contributed by atoms with E-state index in [1.165, 1.54) is 26.3 Å². The van der Waals surface area contributed by atoms with Crippen molar-refractivity contribution in [3.63, 3.8) is 0 Å². The van der Waals surface area contributed by atoms with Crippen LogP contribution in [0.15, 0.2) is 11.1 Å². The summed E-state index contributed by atoms with van der Waals surface area (Å²) in [6, 6.07) is 0.692. The molecule has 1 heterocycles. The monoisotopic (exact) mass is 238 g/mol. The van der Waals surface area contributed by atoms with Crippen molar-refractivity contribution in [3.05, 3.63) is 16.7 Å². The number of nitrogens with zero attached hydrogens (tertiary/aromatic N) is 2. The van der Waals surface area contributed by atoms with Crippen LogP contribution in [0.5, 0.6) is 5.75 Å². The predicted octanol–water partition coefficient (Wildman–Crippen LogP) is -0.0333. The van der Waals surface area contributed by atoms with Gasteiger partial charge in [-0.05, 0) is 12.8 Å². The summed E-state index contributed by atoms with van der Waals surface area (Å²) in [5.41, 5.74) is -0.250. The highest BCUT2D eigenvalue weighted by Gasteiger charge is 2.20. The Morgan fingerprint density at radius 1 is 1.65 bits per heavy atom. The molecule has 0 spiro atoms. The quantitative estimate of drug-likeness (QED) is 0.728. The zero-order chi connectivity index (χ0) is 12.3. The van der Waals surface area contributed by atoms with Gasteiger partial charge in [-0.15, -0.1) is 0 Å². The van der Waals surface area contributed by atoms with Gasteiger partial charge < -0.3 is 19.9 Å². The Bertz CT molecular complexity index is 428. The number of hydrogen-bond donors (Lipinski definition) is 2. The van der Waals surface area contributed by atoms with Crippen molar-refractivity contribution in [1.29, 1.82) is 0 Å². The van der Waals surface area contributed by atoms with E-state index in [1.807, 2.05) is 11.9 Å². The van der Waals surface area contributed by atoms with E-state index in [0.717, 1.165) is 13.1 Å². The number of rotatable bonds is 6. The van der Waals surface area contributed by atoms with E-state index in [0.29, 0.717) is 11.9 Å². The second kappa shape index (κ2) is 5.18. The number of aromatic amines is 1. The van der Waals surface area contributed by atoms with E-state index in [9.17, 15) is 4.79 Å². The van der Waals surface area contributed by atoms with E-state index in [1.54, 1.807) is 0 Å². The lowest BCUT2D eigenvalue weighted by molar-refractivity contribution is 0.406. The molecule has 1 aliphatic carbocycles. The number of aromatic nitrogens is 2. The van der Waals surface area contributed by atoms with Gasteiger partial charge in [0.05, 0.1) is 13.4 Å². The number of H-pyrrole nitrogens is 1. The summed E-state index contributed by atoms with van der Waals surface area (Å²) in [7, 11) is 3.38. The fraction of sp³-hybridized carbons (Fsp3) is 0.636. The third kappa shape index (κ3) is 2.97. The van der Waals surface area contributed by atoms with E-state index in [4.69, 9.17) is 4.74 Å². The first-order valence-corrected chi connectivity index (χ1v) is 5.78. The molecule has 0 aromatic carbocycles. The minimum absolute atomic E-state index is 0.250. The van der Waals surface area contributed by atoms with E-state index < -0.39 is 0 Å². The maximum absolute atomic E-state index is 11.5. The molecule has 0 unspecified atom stereocenters. The molecule has 1 aromatic rings. The summed E-state index contributed by atoms with van der Waals surface area (Å²) in [5.74, 6) is 0.843. The molecule has 17 heavy (non-hydrogen) atoms. The number of likely N-dealkylation sites (N-methyl/N-ethyl adjacent to an activating group) is 1. The van der Waals surface area contributed by atoms with Gasteiger partial charge in [0.15, 0.2) is 5.82 Å². The average Bonchev–Trinajstić information content (AvgIpc) is 3.12. The molecule has 1 fully saturated rings. The smallest absolute Gasteiger partial charge is 0.295 e. The molecule has 0 atom stereocenters. The lowest BCUT2D eigenvalue weighted by atomic mass is 10.4. The maximum atomic E-state index is 11.5. The first kappa shape index (κ1) is 11.9. The highest BCUT2D eigenvalue weighted by molar-refractivity contribution is 5.49. The van der Waals surface area contributed by atoms with Crippen molar-refractivity contribution < 1.29 is 4.74 Å². The fourth-order valence-corrected chi connectivity index (χ4v) is 1.66. The first-order valence-electron chi connectivity index (χ1n) is 5.78. The van der Waals surface area contributed by atoms with Gasteiger partial charge in [0.25, 0.3) is 5.56 Å². The zero-order valence-electron chi connectivity index (χ0n) is 10.2. The third-order valence-corrected chi connectivity index (χ3v) is 2.82. The Kier molecular flexibility index (Phi) is 3.63. The SMILES string of the molecule is COc1c(N(C)CCNC2CC2)nc[nH]c1=O. The fourth-order valence-electron chi connectivity index (χ4n) is 1.66. The molecule has 0 aliphatic heterocycles. The minimum atomic E-state index is -0.250. The van der Waals surface area contributed by atoms with Crippen LogP contribution in [-0.2, 0) is 0 Å². The highest BCUT2D eigenvalue weighted by atomic mass is 16.5. The summed E-state index contributed by atoms with van der Waals surface area (Å²) >= 11 is 0. The van der Waals surface area contributed by atoms with Gasteiger partial charge in [-0.25, -0.2) is 4.98 Å². The molecule has 1 saturated carbocycles. The number of anilines is 1. The second-order valence-corrected chi connectivity index (χ2v) is 4.24. The van der Waals surface area contributed by atoms with Gasteiger partial charge in [-0.2, -0.15) is 0 Å². The average molecular weight is 238 g/mol. The largest absolute Gasteiger partial charge is 0.489 e. The van der Waals surface area contributed by atoms with Gasteiger partial charge in [0, 0.05) is 26.2 Å². The van der Waals surface area contributed by atoms with Crippen molar-refractivity contribution in [1.82, 2.24) is 15.3 Å². The Morgan fingerprint density at radius 3 is 3.06 bits per heavy atom.